The van der Waals surface area contributed by atoms with Gasteiger partial charge in [0.25, 0.3) is 0 Å². The highest BCUT2D eigenvalue weighted by Crippen LogP contribution is 2.15. The molecule has 0 radical (unpaired) electrons. The van der Waals surface area contributed by atoms with Crippen molar-refractivity contribution in [2.75, 3.05) is 12.8 Å². The highest BCUT2D eigenvalue weighted by atomic mass is 32.2. The quantitative estimate of drug-likeness (QED) is 0.872. The smallest absolute Gasteiger partial charge is 0.232 e. The number of halogens is 1. The van der Waals surface area contributed by atoms with E-state index in [0.29, 0.717) is 5.56 Å². The summed E-state index contributed by atoms with van der Waals surface area (Å²) in [5.74, 6) is -0.0790. The third-order valence-corrected chi connectivity index (χ3v) is 4.27. The molecule has 0 saturated carbocycles. The number of hydrogen-bond acceptors (Lipinski definition) is 3. The first kappa shape index (κ1) is 16.0. The summed E-state index contributed by atoms with van der Waals surface area (Å²) in [6, 6.07) is 6.43. The Morgan fingerprint density at radius 2 is 2.05 bits per heavy atom. The molecule has 1 amide bonds. The summed E-state index contributed by atoms with van der Waals surface area (Å²) in [6.45, 7) is 3.83. The molecule has 0 aliphatic heterocycles. The summed E-state index contributed by atoms with van der Waals surface area (Å²) in [7, 11) is 1.66. The minimum atomic E-state index is -0.449. The molecule has 3 nitrogen and oxygen atoms in total. The summed E-state index contributed by atoms with van der Waals surface area (Å²) < 4.78 is 13.5. The summed E-state index contributed by atoms with van der Waals surface area (Å²) in [5, 5.41) is 9.35. The highest BCUT2D eigenvalue weighted by Gasteiger charge is 2.15. The number of carbonyl (C=O) groups excluding carboxylic acids is 1. The molecule has 0 spiro atoms. The molecule has 106 valence electrons. The molecule has 5 heteroatoms. The Kier molecular flexibility index (Phi) is 6.31. The Morgan fingerprint density at radius 3 is 2.63 bits per heavy atom. The maximum Gasteiger partial charge on any atom is 0.232 e. The number of rotatable bonds is 6. The van der Waals surface area contributed by atoms with Gasteiger partial charge in [-0.05, 0) is 13.0 Å². The Morgan fingerprint density at radius 1 is 1.42 bits per heavy atom. The maximum atomic E-state index is 13.5. The SMILES string of the molecule is CC(O)C(C)SCC(=O)N(C)Cc1ccccc1F. The molecular formula is C14H20FNO2S. The van der Waals surface area contributed by atoms with E-state index in [2.05, 4.69) is 0 Å². The molecule has 19 heavy (non-hydrogen) atoms. The van der Waals surface area contributed by atoms with Crippen molar-refractivity contribution in [3.63, 3.8) is 0 Å². The van der Waals surface area contributed by atoms with Gasteiger partial charge in [-0.2, -0.15) is 0 Å². The zero-order chi connectivity index (χ0) is 14.4. The van der Waals surface area contributed by atoms with Crippen LogP contribution in [0.4, 0.5) is 4.39 Å². The molecule has 0 heterocycles. The summed E-state index contributed by atoms with van der Waals surface area (Å²) >= 11 is 1.40. The van der Waals surface area contributed by atoms with Crippen LogP contribution in [0.3, 0.4) is 0 Å². The number of aliphatic hydroxyl groups is 1. The van der Waals surface area contributed by atoms with Gasteiger partial charge < -0.3 is 10.0 Å². The van der Waals surface area contributed by atoms with Crippen LogP contribution >= 0.6 is 11.8 Å². The predicted octanol–water partition coefficient (Wildman–Crippen LogP) is 2.29. The van der Waals surface area contributed by atoms with E-state index in [1.807, 2.05) is 6.92 Å². The van der Waals surface area contributed by atoms with Crippen LogP contribution in [-0.2, 0) is 11.3 Å². The van der Waals surface area contributed by atoms with Gasteiger partial charge >= 0.3 is 0 Å². The van der Waals surface area contributed by atoms with E-state index in [1.54, 1.807) is 32.2 Å². The fraction of sp³-hybridized carbons (Fsp3) is 0.500. The fourth-order valence-corrected chi connectivity index (χ4v) is 2.33. The van der Waals surface area contributed by atoms with Crippen molar-refractivity contribution >= 4 is 17.7 Å². The van der Waals surface area contributed by atoms with Crippen molar-refractivity contribution in [2.45, 2.75) is 31.7 Å². The van der Waals surface area contributed by atoms with Crippen molar-refractivity contribution in [2.24, 2.45) is 0 Å². The lowest BCUT2D eigenvalue weighted by atomic mass is 10.2. The minimum Gasteiger partial charge on any atom is -0.392 e. The largest absolute Gasteiger partial charge is 0.392 e. The van der Waals surface area contributed by atoms with Gasteiger partial charge in [0.1, 0.15) is 5.82 Å². The Hall–Kier alpha value is -1.07. The topological polar surface area (TPSA) is 40.5 Å². The van der Waals surface area contributed by atoms with Crippen molar-refractivity contribution in [3.05, 3.63) is 35.6 Å². The van der Waals surface area contributed by atoms with Crippen molar-refractivity contribution in [3.8, 4) is 0 Å². The van der Waals surface area contributed by atoms with E-state index in [1.165, 1.54) is 22.7 Å². The number of carbonyl (C=O) groups is 1. The summed E-state index contributed by atoms with van der Waals surface area (Å²) in [6.07, 6.45) is -0.449. The average molecular weight is 285 g/mol. The molecule has 1 rings (SSSR count). The lowest BCUT2D eigenvalue weighted by molar-refractivity contribution is -0.127. The second-order valence-electron chi connectivity index (χ2n) is 4.60. The lowest BCUT2D eigenvalue weighted by Crippen LogP contribution is -2.29. The summed E-state index contributed by atoms with van der Waals surface area (Å²) in [5.41, 5.74) is 0.506. The van der Waals surface area contributed by atoms with E-state index >= 15 is 0 Å². The Balaban J connectivity index is 2.47. The maximum absolute atomic E-state index is 13.5. The fourth-order valence-electron chi connectivity index (χ4n) is 1.42. The van der Waals surface area contributed by atoms with Gasteiger partial charge in [-0.25, -0.2) is 4.39 Å². The second-order valence-corrected chi connectivity index (χ2v) is 5.96. The van der Waals surface area contributed by atoms with Crippen LogP contribution in [0.15, 0.2) is 24.3 Å². The number of amides is 1. The first-order valence-corrected chi connectivity index (χ1v) is 7.23. The molecule has 1 aromatic rings. The van der Waals surface area contributed by atoms with E-state index < -0.39 is 6.10 Å². The van der Waals surface area contributed by atoms with Gasteiger partial charge in [0.05, 0.1) is 11.9 Å². The molecular weight excluding hydrogens is 265 g/mol. The lowest BCUT2D eigenvalue weighted by Gasteiger charge is -2.19. The van der Waals surface area contributed by atoms with Crippen molar-refractivity contribution in [1.29, 1.82) is 0 Å². The van der Waals surface area contributed by atoms with Gasteiger partial charge in [0, 0.05) is 24.4 Å². The highest BCUT2D eigenvalue weighted by molar-refractivity contribution is 8.00. The van der Waals surface area contributed by atoms with Crippen LogP contribution in [0.1, 0.15) is 19.4 Å². The molecule has 0 bridgehead atoms. The van der Waals surface area contributed by atoms with Crippen LogP contribution in [-0.4, -0.2) is 40.1 Å². The normalized spacial score (nSPS) is 13.9. The van der Waals surface area contributed by atoms with Crippen LogP contribution in [0, 0.1) is 5.82 Å². The van der Waals surface area contributed by atoms with Gasteiger partial charge in [0.2, 0.25) is 5.91 Å². The van der Waals surface area contributed by atoms with Crippen LogP contribution < -0.4 is 0 Å². The monoisotopic (exact) mass is 285 g/mol. The Bertz CT molecular complexity index is 426. The second kappa shape index (κ2) is 7.50. The zero-order valence-corrected chi connectivity index (χ0v) is 12.3. The molecule has 0 aromatic heterocycles. The first-order valence-electron chi connectivity index (χ1n) is 6.19. The van der Waals surface area contributed by atoms with E-state index in [9.17, 15) is 14.3 Å². The third-order valence-electron chi connectivity index (χ3n) is 2.94. The third kappa shape index (κ3) is 5.20. The van der Waals surface area contributed by atoms with Gasteiger partial charge in [-0.15, -0.1) is 11.8 Å². The molecule has 2 atom stereocenters. The van der Waals surface area contributed by atoms with Crippen molar-refractivity contribution < 1.29 is 14.3 Å². The van der Waals surface area contributed by atoms with E-state index in [4.69, 9.17) is 0 Å². The van der Waals surface area contributed by atoms with Gasteiger partial charge in [-0.3, -0.25) is 4.79 Å². The minimum absolute atomic E-state index is 0.00538. The summed E-state index contributed by atoms with van der Waals surface area (Å²) in [4.78, 5) is 13.4. The number of benzene rings is 1. The first-order chi connectivity index (χ1) is 8.91. The zero-order valence-electron chi connectivity index (χ0n) is 11.5. The number of nitrogens with zero attached hydrogens (tertiary/aromatic N) is 1. The molecule has 1 N–H and O–H groups in total. The standard InChI is InChI=1S/C14H20FNO2S/c1-10(17)11(2)19-9-14(18)16(3)8-12-6-4-5-7-13(12)15/h4-7,10-11,17H,8-9H2,1-3H3. The average Bonchev–Trinajstić information content (AvgIpc) is 2.37. The molecule has 2 unspecified atom stereocenters. The number of aliphatic hydroxyl groups excluding tert-OH is 1. The van der Waals surface area contributed by atoms with Crippen LogP contribution in [0.25, 0.3) is 0 Å². The molecule has 0 saturated heterocycles. The molecule has 0 aliphatic rings. The van der Waals surface area contributed by atoms with Gasteiger partial charge in [0.15, 0.2) is 0 Å². The van der Waals surface area contributed by atoms with Crippen molar-refractivity contribution in [1.82, 2.24) is 4.90 Å². The molecule has 1 aromatic carbocycles. The molecule has 0 fully saturated rings. The molecule has 0 aliphatic carbocycles. The predicted molar refractivity (Wildman–Crippen MR) is 76.5 cm³/mol. The van der Waals surface area contributed by atoms with Gasteiger partial charge in [-0.1, -0.05) is 25.1 Å². The van der Waals surface area contributed by atoms with E-state index in [-0.39, 0.29) is 29.3 Å². The Labute approximate surface area is 117 Å². The van der Waals surface area contributed by atoms with Crippen LogP contribution in [0.5, 0.6) is 0 Å². The van der Waals surface area contributed by atoms with Crippen LogP contribution in [0.2, 0.25) is 0 Å². The number of thioether (sulfide) groups is 1. The van der Waals surface area contributed by atoms with E-state index in [0.717, 1.165) is 0 Å². The number of hydrogen-bond donors (Lipinski definition) is 1.